The van der Waals surface area contributed by atoms with Crippen molar-refractivity contribution in [3.05, 3.63) is 65.9 Å². The van der Waals surface area contributed by atoms with Gasteiger partial charge in [0.1, 0.15) is 11.3 Å². The number of hydrogen-bond donors (Lipinski definition) is 2. The van der Waals surface area contributed by atoms with Crippen LogP contribution in [0.1, 0.15) is 42.3 Å². The van der Waals surface area contributed by atoms with Gasteiger partial charge >= 0.3 is 5.91 Å². The number of fused-ring (bicyclic) bond motifs is 1. The zero-order chi connectivity index (χ0) is 21.6. The molecule has 0 unspecified atom stereocenters. The van der Waals surface area contributed by atoms with E-state index in [4.69, 9.17) is 4.42 Å². The average molecular weight is 418 g/mol. The monoisotopic (exact) mass is 417 g/mol. The number of carbonyl (C=O) groups excluding carboxylic acids is 1. The maximum absolute atomic E-state index is 12.7. The molecule has 1 fully saturated rings. The Morgan fingerprint density at radius 1 is 0.968 bits per heavy atom. The van der Waals surface area contributed by atoms with Crippen LogP contribution < -0.4 is 10.9 Å². The third-order valence-electron chi connectivity index (χ3n) is 5.42. The van der Waals surface area contributed by atoms with Crippen LogP contribution in [-0.4, -0.2) is 35.4 Å². The normalized spacial score (nSPS) is 15.2. The third-order valence-corrected chi connectivity index (χ3v) is 5.42. The van der Waals surface area contributed by atoms with Gasteiger partial charge in [-0.25, -0.2) is 5.43 Å². The molecule has 0 spiro atoms. The summed E-state index contributed by atoms with van der Waals surface area (Å²) < 4.78 is 5.74. The highest BCUT2D eigenvalue weighted by Crippen LogP contribution is 2.24. The molecule has 1 aliphatic heterocycles. The maximum atomic E-state index is 12.7. The number of hydrazone groups is 2. The smallest absolute Gasteiger partial charge is 0.307 e. The molecule has 0 aliphatic carbocycles. The van der Waals surface area contributed by atoms with Gasteiger partial charge in [0, 0.05) is 24.0 Å². The summed E-state index contributed by atoms with van der Waals surface area (Å²) in [5, 5.41) is 9.88. The summed E-state index contributed by atoms with van der Waals surface area (Å²) in [6.07, 6.45) is 3.44. The Kier molecular flexibility index (Phi) is 6.31. The minimum absolute atomic E-state index is 0.275. The van der Waals surface area contributed by atoms with Crippen molar-refractivity contribution in [2.75, 3.05) is 18.5 Å². The van der Waals surface area contributed by atoms with Gasteiger partial charge in [-0.3, -0.25) is 10.2 Å². The molecule has 160 valence electrons. The molecule has 1 amide bonds. The number of rotatable bonds is 5. The molecule has 0 saturated carbocycles. The highest BCUT2D eigenvalue weighted by molar-refractivity contribution is 6.40. The molecule has 2 heterocycles. The molecule has 4 rings (SSSR count). The molecule has 1 aromatic heterocycles. The SMILES string of the molecule is CC(=N\NC(=O)c1oc2ccccc2c1C)/C(=N/Nc1ccccc1)N1CCCCC1. The fraction of sp³-hybridized carbons (Fsp3) is 0.292. The first kappa shape index (κ1) is 20.7. The minimum atomic E-state index is -0.373. The number of hydrogen-bond acceptors (Lipinski definition) is 5. The Bertz CT molecular complexity index is 1110. The van der Waals surface area contributed by atoms with Crippen LogP contribution in [0, 0.1) is 6.92 Å². The molecule has 1 aliphatic rings. The molecule has 0 bridgehead atoms. The van der Waals surface area contributed by atoms with E-state index in [0.29, 0.717) is 11.3 Å². The fourth-order valence-electron chi connectivity index (χ4n) is 3.74. The number of nitrogens with zero attached hydrogens (tertiary/aromatic N) is 3. The van der Waals surface area contributed by atoms with E-state index in [1.165, 1.54) is 6.42 Å². The van der Waals surface area contributed by atoms with Gasteiger partial charge in [0.15, 0.2) is 11.6 Å². The van der Waals surface area contributed by atoms with Crippen molar-refractivity contribution in [2.24, 2.45) is 10.2 Å². The van der Waals surface area contributed by atoms with E-state index in [1.807, 2.05) is 68.4 Å². The van der Waals surface area contributed by atoms with E-state index in [-0.39, 0.29) is 11.7 Å². The summed E-state index contributed by atoms with van der Waals surface area (Å²) in [6.45, 7) is 5.56. The van der Waals surface area contributed by atoms with E-state index in [1.54, 1.807) is 0 Å². The van der Waals surface area contributed by atoms with Gasteiger partial charge in [0.2, 0.25) is 0 Å². The van der Waals surface area contributed by atoms with Crippen LogP contribution >= 0.6 is 0 Å². The lowest BCUT2D eigenvalue weighted by Gasteiger charge is -2.29. The van der Waals surface area contributed by atoms with Gasteiger partial charge in [0.25, 0.3) is 0 Å². The number of nitrogens with one attached hydrogen (secondary N) is 2. The summed E-state index contributed by atoms with van der Waals surface area (Å²) in [5.74, 6) is 0.629. The molecule has 7 heteroatoms. The van der Waals surface area contributed by atoms with Crippen molar-refractivity contribution in [1.29, 1.82) is 0 Å². The van der Waals surface area contributed by atoms with Crippen molar-refractivity contribution in [3.63, 3.8) is 0 Å². The Morgan fingerprint density at radius 3 is 2.42 bits per heavy atom. The molecule has 7 nitrogen and oxygen atoms in total. The number of piperidine rings is 1. The highest BCUT2D eigenvalue weighted by Gasteiger charge is 2.20. The lowest BCUT2D eigenvalue weighted by molar-refractivity contribution is 0.0928. The number of para-hydroxylation sites is 2. The largest absolute Gasteiger partial charge is 0.451 e. The number of likely N-dealkylation sites (tertiary alicyclic amines) is 1. The van der Waals surface area contributed by atoms with Gasteiger partial charge in [-0.05, 0) is 51.3 Å². The molecule has 1 saturated heterocycles. The number of aryl methyl sites for hydroxylation is 1. The van der Waals surface area contributed by atoms with E-state index < -0.39 is 0 Å². The minimum Gasteiger partial charge on any atom is -0.451 e. The molecule has 0 atom stereocenters. The van der Waals surface area contributed by atoms with Crippen LogP contribution in [0.2, 0.25) is 0 Å². The molecule has 31 heavy (non-hydrogen) atoms. The topological polar surface area (TPSA) is 82.2 Å². The van der Waals surface area contributed by atoms with E-state index in [9.17, 15) is 4.79 Å². The van der Waals surface area contributed by atoms with E-state index in [2.05, 4.69) is 26.0 Å². The first-order valence-corrected chi connectivity index (χ1v) is 10.6. The maximum Gasteiger partial charge on any atom is 0.307 e. The Balaban J connectivity index is 1.54. The first-order chi connectivity index (χ1) is 15.1. The molecular formula is C24H27N5O2. The van der Waals surface area contributed by atoms with Gasteiger partial charge in [-0.15, -0.1) is 0 Å². The van der Waals surface area contributed by atoms with Crippen molar-refractivity contribution in [1.82, 2.24) is 10.3 Å². The summed E-state index contributed by atoms with van der Waals surface area (Å²) >= 11 is 0. The predicted molar refractivity (Wildman–Crippen MR) is 124 cm³/mol. The van der Waals surface area contributed by atoms with Crippen LogP contribution in [0.5, 0.6) is 0 Å². The number of amides is 1. The van der Waals surface area contributed by atoms with Gasteiger partial charge < -0.3 is 9.32 Å². The predicted octanol–water partition coefficient (Wildman–Crippen LogP) is 4.76. The molecule has 0 radical (unpaired) electrons. The Labute approximate surface area is 181 Å². The molecule has 3 aromatic rings. The van der Waals surface area contributed by atoms with E-state index >= 15 is 0 Å². The quantitative estimate of drug-likeness (QED) is 0.356. The van der Waals surface area contributed by atoms with Gasteiger partial charge in [-0.2, -0.15) is 10.2 Å². The van der Waals surface area contributed by atoms with Crippen LogP contribution in [0.25, 0.3) is 11.0 Å². The highest BCUT2D eigenvalue weighted by atomic mass is 16.3. The van der Waals surface area contributed by atoms with Crippen molar-refractivity contribution in [3.8, 4) is 0 Å². The van der Waals surface area contributed by atoms with Crippen molar-refractivity contribution < 1.29 is 9.21 Å². The third kappa shape index (κ3) is 4.77. The second kappa shape index (κ2) is 9.47. The van der Waals surface area contributed by atoms with Crippen molar-refractivity contribution in [2.45, 2.75) is 33.1 Å². The zero-order valence-electron chi connectivity index (χ0n) is 17.9. The second-order valence-corrected chi connectivity index (χ2v) is 7.65. The average Bonchev–Trinajstić information content (AvgIpc) is 3.16. The van der Waals surface area contributed by atoms with Crippen LogP contribution in [0.4, 0.5) is 5.69 Å². The van der Waals surface area contributed by atoms with Crippen LogP contribution in [0.3, 0.4) is 0 Å². The number of carbonyl (C=O) groups is 1. The van der Waals surface area contributed by atoms with Crippen LogP contribution in [0.15, 0.2) is 69.2 Å². The van der Waals surface area contributed by atoms with E-state index in [0.717, 1.165) is 48.4 Å². The first-order valence-electron chi connectivity index (χ1n) is 10.6. The summed E-state index contributed by atoms with van der Waals surface area (Å²) in [5.41, 5.74) is 8.76. The summed E-state index contributed by atoms with van der Waals surface area (Å²) in [4.78, 5) is 14.9. The number of benzene rings is 2. The summed E-state index contributed by atoms with van der Waals surface area (Å²) in [6, 6.07) is 17.4. The number of anilines is 1. The molecule has 2 N–H and O–H groups in total. The lowest BCUT2D eigenvalue weighted by atomic mass is 10.1. The number of amidine groups is 1. The zero-order valence-corrected chi connectivity index (χ0v) is 17.9. The van der Waals surface area contributed by atoms with Gasteiger partial charge in [0.05, 0.1) is 5.69 Å². The molecule has 2 aromatic carbocycles. The Morgan fingerprint density at radius 2 is 1.68 bits per heavy atom. The fourth-order valence-corrected chi connectivity index (χ4v) is 3.74. The van der Waals surface area contributed by atoms with Crippen molar-refractivity contribution >= 4 is 34.1 Å². The second-order valence-electron chi connectivity index (χ2n) is 7.65. The lowest BCUT2D eigenvalue weighted by Crippen LogP contribution is -2.40. The van der Waals surface area contributed by atoms with Crippen LogP contribution in [-0.2, 0) is 0 Å². The summed E-state index contributed by atoms with van der Waals surface area (Å²) in [7, 11) is 0. The Hall–Kier alpha value is -3.61. The number of furan rings is 1. The molecular weight excluding hydrogens is 390 g/mol. The van der Waals surface area contributed by atoms with Gasteiger partial charge in [-0.1, -0.05) is 36.4 Å². The standard InChI is InChI=1S/C24H27N5O2/c1-17-20-13-7-8-14-21(20)31-22(17)24(30)28-25-18(2)23(29-15-9-4-10-16-29)27-26-19-11-5-3-6-12-19/h3,5-8,11-14,26H,4,9-10,15-16H2,1-2H3,(H,28,30)/b25-18+,27-23-.